The van der Waals surface area contributed by atoms with Gasteiger partial charge in [0.2, 0.25) is 5.89 Å². The minimum Gasteiger partial charge on any atom is -0.436 e. The van der Waals surface area contributed by atoms with Crippen LogP contribution in [0.3, 0.4) is 0 Å². The molecule has 0 bridgehead atoms. The van der Waals surface area contributed by atoms with E-state index in [1.54, 1.807) is 0 Å². The van der Waals surface area contributed by atoms with Gasteiger partial charge >= 0.3 is 0 Å². The van der Waals surface area contributed by atoms with Crippen molar-refractivity contribution in [1.82, 2.24) is 4.98 Å². The molecule has 0 saturated heterocycles. The third-order valence-corrected chi connectivity index (χ3v) is 3.42. The van der Waals surface area contributed by atoms with Crippen LogP contribution < -0.4 is 5.73 Å². The highest BCUT2D eigenvalue weighted by Gasteiger charge is 2.09. The molecular formula is C16H14ClN3O. The maximum atomic E-state index is 5.76. The Kier molecular flexibility index (Phi) is 3.62. The van der Waals surface area contributed by atoms with Crippen LogP contribution in [-0.2, 0) is 0 Å². The Balaban J connectivity index is 2.08. The molecule has 0 aliphatic rings. The summed E-state index contributed by atoms with van der Waals surface area (Å²) in [6, 6.07) is 13.5. The van der Waals surface area contributed by atoms with Crippen molar-refractivity contribution in [2.45, 2.75) is 6.92 Å². The number of aliphatic imine (C=N–C) groups is 1. The van der Waals surface area contributed by atoms with Crippen LogP contribution in [0.2, 0.25) is 0 Å². The van der Waals surface area contributed by atoms with Gasteiger partial charge in [0, 0.05) is 5.56 Å². The zero-order valence-electron chi connectivity index (χ0n) is 11.5. The normalized spacial score (nSPS) is 12.0. The fourth-order valence-corrected chi connectivity index (χ4v) is 2.10. The molecule has 0 unspecified atom stereocenters. The van der Waals surface area contributed by atoms with Crippen LogP contribution in [0.1, 0.15) is 5.56 Å². The van der Waals surface area contributed by atoms with Crippen LogP contribution in [0, 0.1) is 6.92 Å². The van der Waals surface area contributed by atoms with Crippen molar-refractivity contribution in [3.8, 4) is 11.5 Å². The van der Waals surface area contributed by atoms with E-state index in [2.05, 4.69) is 9.98 Å². The Morgan fingerprint density at radius 1 is 1.29 bits per heavy atom. The number of nitrogens with zero attached hydrogens (tertiary/aromatic N) is 2. The topological polar surface area (TPSA) is 64.4 Å². The molecule has 5 heteroatoms. The van der Waals surface area contributed by atoms with Crippen molar-refractivity contribution in [1.29, 1.82) is 0 Å². The van der Waals surface area contributed by atoms with Gasteiger partial charge in [-0.2, -0.15) is 0 Å². The van der Waals surface area contributed by atoms with Gasteiger partial charge in [0.25, 0.3) is 0 Å². The fraction of sp³-hybridized carbons (Fsp3) is 0.125. The first-order valence-corrected chi connectivity index (χ1v) is 7.06. The van der Waals surface area contributed by atoms with Crippen LogP contribution in [-0.4, -0.2) is 16.7 Å². The number of amidine groups is 1. The number of aryl methyl sites for hydroxylation is 1. The van der Waals surface area contributed by atoms with Gasteiger partial charge in [0.1, 0.15) is 11.4 Å². The number of hydrogen-bond donors (Lipinski definition) is 1. The predicted molar refractivity (Wildman–Crippen MR) is 86.2 cm³/mol. The molecule has 0 aliphatic carbocycles. The molecule has 3 rings (SSSR count). The molecule has 2 aromatic carbocycles. The number of halogens is 1. The number of alkyl halides is 1. The Morgan fingerprint density at radius 3 is 2.86 bits per heavy atom. The van der Waals surface area contributed by atoms with E-state index in [1.165, 1.54) is 0 Å². The fourth-order valence-electron chi connectivity index (χ4n) is 2.04. The lowest BCUT2D eigenvalue weighted by atomic mass is 10.1. The summed E-state index contributed by atoms with van der Waals surface area (Å²) in [6.07, 6.45) is 0. The molecule has 0 amide bonds. The summed E-state index contributed by atoms with van der Waals surface area (Å²) < 4.78 is 5.76. The average molecular weight is 300 g/mol. The number of aromatic nitrogens is 1. The first kappa shape index (κ1) is 13.6. The highest BCUT2D eigenvalue weighted by Crippen LogP contribution is 2.29. The summed E-state index contributed by atoms with van der Waals surface area (Å²) in [5, 5.41) is 0. The SMILES string of the molecule is Cc1ccc(-c2nc3ccccc3o2)cc1N=C(N)CCl. The van der Waals surface area contributed by atoms with E-state index in [0.29, 0.717) is 11.7 Å². The minimum absolute atomic E-state index is 0.201. The summed E-state index contributed by atoms with van der Waals surface area (Å²) in [7, 11) is 0. The molecule has 0 aliphatic heterocycles. The molecule has 4 nitrogen and oxygen atoms in total. The lowest BCUT2D eigenvalue weighted by Crippen LogP contribution is -2.12. The number of benzene rings is 2. The van der Waals surface area contributed by atoms with Crippen molar-refractivity contribution < 1.29 is 4.42 Å². The van der Waals surface area contributed by atoms with Crippen molar-refractivity contribution in [3.63, 3.8) is 0 Å². The Bertz CT molecular complexity index is 790. The second-order valence-electron chi connectivity index (χ2n) is 4.72. The van der Waals surface area contributed by atoms with E-state index < -0.39 is 0 Å². The van der Waals surface area contributed by atoms with Gasteiger partial charge in [-0.25, -0.2) is 9.98 Å². The largest absolute Gasteiger partial charge is 0.436 e. The number of hydrogen-bond acceptors (Lipinski definition) is 3. The van der Waals surface area contributed by atoms with E-state index in [9.17, 15) is 0 Å². The van der Waals surface area contributed by atoms with Crippen molar-refractivity contribution >= 4 is 34.2 Å². The van der Waals surface area contributed by atoms with Crippen LogP contribution >= 0.6 is 11.6 Å². The third-order valence-electron chi connectivity index (χ3n) is 3.15. The number of nitrogens with two attached hydrogens (primary N) is 1. The Hall–Kier alpha value is -2.33. The quantitative estimate of drug-likeness (QED) is 0.451. The standard InChI is InChI=1S/C16H14ClN3O/c1-10-6-7-11(8-13(10)19-15(18)9-17)16-20-12-4-2-3-5-14(12)21-16/h2-8H,9H2,1H3,(H2,18,19). The number of fused-ring (bicyclic) bond motifs is 1. The second-order valence-corrected chi connectivity index (χ2v) is 4.99. The summed E-state index contributed by atoms with van der Waals surface area (Å²) >= 11 is 5.68. The van der Waals surface area contributed by atoms with Crippen LogP contribution in [0.15, 0.2) is 51.9 Å². The number of para-hydroxylation sites is 2. The molecule has 2 N–H and O–H groups in total. The zero-order valence-corrected chi connectivity index (χ0v) is 12.3. The second kappa shape index (κ2) is 5.58. The predicted octanol–water partition coefficient (Wildman–Crippen LogP) is 4.03. The van der Waals surface area contributed by atoms with Crippen LogP contribution in [0.5, 0.6) is 0 Å². The zero-order chi connectivity index (χ0) is 14.8. The van der Waals surface area contributed by atoms with Gasteiger partial charge in [-0.3, -0.25) is 0 Å². The highest BCUT2D eigenvalue weighted by molar-refractivity contribution is 6.28. The van der Waals surface area contributed by atoms with E-state index in [0.717, 1.165) is 27.9 Å². The summed E-state index contributed by atoms with van der Waals surface area (Å²) in [6.45, 7) is 1.97. The lowest BCUT2D eigenvalue weighted by Gasteiger charge is -2.03. The molecule has 0 spiro atoms. The first-order valence-electron chi connectivity index (χ1n) is 6.53. The van der Waals surface area contributed by atoms with Gasteiger partial charge in [-0.15, -0.1) is 11.6 Å². The summed E-state index contributed by atoms with van der Waals surface area (Å²) in [4.78, 5) is 8.79. The first-order chi connectivity index (χ1) is 10.2. The van der Waals surface area contributed by atoms with Crippen LogP contribution in [0.25, 0.3) is 22.6 Å². The van der Waals surface area contributed by atoms with E-state index in [-0.39, 0.29) is 5.88 Å². The van der Waals surface area contributed by atoms with Gasteiger partial charge in [0.05, 0.1) is 11.6 Å². The van der Waals surface area contributed by atoms with Crippen molar-refractivity contribution in [3.05, 3.63) is 48.0 Å². The van der Waals surface area contributed by atoms with Gasteiger partial charge in [0.15, 0.2) is 5.58 Å². The van der Waals surface area contributed by atoms with E-state index in [4.69, 9.17) is 21.8 Å². The van der Waals surface area contributed by atoms with Gasteiger partial charge in [-0.1, -0.05) is 18.2 Å². The molecular weight excluding hydrogens is 286 g/mol. The number of rotatable bonds is 3. The molecule has 0 fully saturated rings. The van der Waals surface area contributed by atoms with Gasteiger partial charge < -0.3 is 10.2 Å². The van der Waals surface area contributed by atoms with E-state index >= 15 is 0 Å². The van der Waals surface area contributed by atoms with Crippen molar-refractivity contribution in [2.75, 3.05) is 5.88 Å². The van der Waals surface area contributed by atoms with Crippen LogP contribution in [0.4, 0.5) is 5.69 Å². The van der Waals surface area contributed by atoms with E-state index in [1.807, 2.05) is 49.4 Å². The summed E-state index contributed by atoms with van der Waals surface area (Å²) in [5.41, 5.74) is 9.94. The molecule has 0 atom stereocenters. The monoisotopic (exact) mass is 299 g/mol. The molecule has 0 radical (unpaired) electrons. The molecule has 0 saturated carbocycles. The molecule has 21 heavy (non-hydrogen) atoms. The maximum Gasteiger partial charge on any atom is 0.227 e. The van der Waals surface area contributed by atoms with Crippen molar-refractivity contribution in [2.24, 2.45) is 10.7 Å². The summed E-state index contributed by atoms with van der Waals surface area (Å²) in [5.74, 6) is 1.15. The Morgan fingerprint density at radius 2 is 2.10 bits per heavy atom. The number of oxazole rings is 1. The lowest BCUT2D eigenvalue weighted by molar-refractivity contribution is 0.620. The smallest absolute Gasteiger partial charge is 0.227 e. The molecule has 1 aromatic heterocycles. The molecule has 1 heterocycles. The third kappa shape index (κ3) is 2.76. The average Bonchev–Trinajstić information content (AvgIpc) is 2.93. The molecule has 106 valence electrons. The van der Waals surface area contributed by atoms with Gasteiger partial charge in [-0.05, 0) is 36.8 Å². The highest BCUT2D eigenvalue weighted by atomic mass is 35.5. The minimum atomic E-state index is 0.201. The maximum absolute atomic E-state index is 5.76. The molecule has 3 aromatic rings. The Labute approximate surface area is 127 Å².